The molecule has 0 spiro atoms. The third-order valence-corrected chi connectivity index (χ3v) is 4.01. The van der Waals surface area contributed by atoms with E-state index in [4.69, 9.17) is 0 Å². The number of carbonyl (C=O) groups is 1. The molecule has 0 atom stereocenters. The number of fused-ring (bicyclic) bond motifs is 1. The maximum Gasteiger partial charge on any atom is 0.211 e. The van der Waals surface area contributed by atoms with E-state index in [0.717, 1.165) is 22.5 Å². The van der Waals surface area contributed by atoms with E-state index in [1.54, 1.807) is 0 Å². The summed E-state index contributed by atoms with van der Waals surface area (Å²) in [6, 6.07) is 16.1. The van der Waals surface area contributed by atoms with E-state index in [-0.39, 0.29) is 5.78 Å². The Morgan fingerprint density at radius 1 is 1.00 bits per heavy atom. The maximum absolute atomic E-state index is 12.5. The maximum atomic E-state index is 12.5. The van der Waals surface area contributed by atoms with Gasteiger partial charge < -0.3 is 4.90 Å². The summed E-state index contributed by atoms with van der Waals surface area (Å²) in [5.41, 5.74) is 4.86. The molecule has 2 nitrogen and oxygen atoms in total. The summed E-state index contributed by atoms with van der Waals surface area (Å²) in [6.45, 7) is 4.36. The summed E-state index contributed by atoms with van der Waals surface area (Å²) < 4.78 is 0. The second-order valence-corrected chi connectivity index (χ2v) is 5.76. The van der Waals surface area contributed by atoms with Crippen LogP contribution in [0.1, 0.15) is 41.3 Å². The Morgan fingerprint density at radius 3 is 2.29 bits per heavy atom. The van der Waals surface area contributed by atoms with Gasteiger partial charge in [0.15, 0.2) is 0 Å². The molecule has 1 heterocycles. The average Bonchev–Trinajstić information content (AvgIpc) is 2.73. The summed E-state index contributed by atoms with van der Waals surface area (Å²) in [5.74, 6) is 0.618. The van der Waals surface area contributed by atoms with Crippen LogP contribution >= 0.6 is 0 Å². The van der Waals surface area contributed by atoms with Gasteiger partial charge in [0.25, 0.3) is 0 Å². The molecular formula is C19H19NO. The van der Waals surface area contributed by atoms with Gasteiger partial charge in [0, 0.05) is 12.6 Å². The zero-order valence-electron chi connectivity index (χ0n) is 12.6. The number of hydrogen-bond acceptors (Lipinski definition) is 2. The summed E-state index contributed by atoms with van der Waals surface area (Å²) in [4.78, 5) is 14.4. The Balaban J connectivity index is 1.96. The van der Waals surface area contributed by atoms with Crippen LogP contribution in [0.15, 0.2) is 54.2 Å². The van der Waals surface area contributed by atoms with Crippen LogP contribution in [0.5, 0.6) is 0 Å². The first-order valence-electron chi connectivity index (χ1n) is 7.27. The molecule has 2 aromatic rings. The lowest BCUT2D eigenvalue weighted by molar-refractivity contribution is 0.104. The van der Waals surface area contributed by atoms with Crippen molar-refractivity contribution in [1.82, 2.24) is 0 Å². The standard InChI is InChI=1S/C19H19NO/c1-13(2)15-10-8-14(9-11-15)12-18-19(21)16-6-4-5-7-17(16)20(18)3/h4-13H,1-3H3. The van der Waals surface area contributed by atoms with Crippen molar-refractivity contribution in [3.63, 3.8) is 0 Å². The van der Waals surface area contributed by atoms with Gasteiger partial charge >= 0.3 is 0 Å². The van der Waals surface area contributed by atoms with E-state index in [1.807, 2.05) is 42.3 Å². The van der Waals surface area contributed by atoms with Crippen molar-refractivity contribution in [3.8, 4) is 0 Å². The minimum Gasteiger partial charge on any atom is -0.341 e. The molecule has 0 saturated heterocycles. The highest BCUT2D eigenvalue weighted by Gasteiger charge is 2.28. The molecular weight excluding hydrogens is 258 g/mol. The van der Waals surface area contributed by atoms with Gasteiger partial charge in [-0.3, -0.25) is 4.79 Å². The Bertz CT molecular complexity index is 711. The highest BCUT2D eigenvalue weighted by molar-refractivity contribution is 6.21. The van der Waals surface area contributed by atoms with Crippen LogP contribution in [0.3, 0.4) is 0 Å². The Labute approximate surface area is 125 Å². The van der Waals surface area contributed by atoms with Crippen molar-refractivity contribution in [1.29, 1.82) is 0 Å². The first kappa shape index (κ1) is 13.6. The predicted octanol–water partition coefficient (Wildman–Crippen LogP) is 4.48. The van der Waals surface area contributed by atoms with Gasteiger partial charge in [-0.25, -0.2) is 0 Å². The molecule has 0 fully saturated rings. The number of nitrogens with zero attached hydrogens (tertiary/aromatic N) is 1. The molecule has 2 heteroatoms. The molecule has 3 rings (SSSR count). The predicted molar refractivity (Wildman–Crippen MR) is 87.7 cm³/mol. The van der Waals surface area contributed by atoms with Crippen molar-refractivity contribution < 1.29 is 4.79 Å². The van der Waals surface area contributed by atoms with Crippen LogP contribution in [-0.2, 0) is 0 Å². The monoisotopic (exact) mass is 277 g/mol. The van der Waals surface area contributed by atoms with Gasteiger partial charge in [-0.05, 0) is 35.3 Å². The third-order valence-electron chi connectivity index (χ3n) is 4.01. The zero-order chi connectivity index (χ0) is 15.0. The van der Waals surface area contributed by atoms with Crippen molar-refractivity contribution >= 4 is 17.5 Å². The van der Waals surface area contributed by atoms with E-state index in [1.165, 1.54) is 5.56 Å². The number of para-hydroxylation sites is 1. The van der Waals surface area contributed by atoms with Gasteiger partial charge in [0.05, 0.1) is 11.4 Å². The quantitative estimate of drug-likeness (QED) is 0.754. The number of allylic oxidation sites excluding steroid dienone is 1. The number of hydrogen-bond donors (Lipinski definition) is 0. The molecule has 0 bridgehead atoms. The second kappa shape index (κ2) is 5.21. The summed E-state index contributed by atoms with van der Waals surface area (Å²) in [5, 5.41) is 0. The van der Waals surface area contributed by atoms with Gasteiger partial charge in [-0.2, -0.15) is 0 Å². The molecule has 2 aromatic carbocycles. The number of benzene rings is 2. The highest BCUT2D eigenvalue weighted by Crippen LogP contribution is 2.33. The van der Waals surface area contributed by atoms with E-state index in [2.05, 4.69) is 38.1 Å². The minimum atomic E-state index is 0.0982. The van der Waals surface area contributed by atoms with Crippen molar-refractivity contribution in [3.05, 3.63) is 70.9 Å². The van der Waals surface area contributed by atoms with Crippen LogP contribution in [0.2, 0.25) is 0 Å². The Kier molecular flexibility index (Phi) is 3.38. The van der Waals surface area contributed by atoms with Crippen molar-refractivity contribution in [2.24, 2.45) is 0 Å². The topological polar surface area (TPSA) is 20.3 Å². The average molecular weight is 277 g/mol. The molecule has 106 valence electrons. The van der Waals surface area contributed by atoms with Crippen LogP contribution in [0, 0.1) is 0 Å². The van der Waals surface area contributed by atoms with Gasteiger partial charge in [-0.15, -0.1) is 0 Å². The van der Waals surface area contributed by atoms with E-state index < -0.39 is 0 Å². The van der Waals surface area contributed by atoms with E-state index >= 15 is 0 Å². The number of rotatable bonds is 2. The number of likely N-dealkylation sites (N-methyl/N-ethyl adjacent to an activating group) is 1. The zero-order valence-corrected chi connectivity index (χ0v) is 12.6. The number of carbonyl (C=O) groups excluding carboxylic acids is 1. The molecule has 0 aliphatic carbocycles. The first-order valence-corrected chi connectivity index (χ1v) is 7.27. The lowest BCUT2D eigenvalue weighted by Gasteiger charge is -2.13. The summed E-state index contributed by atoms with van der Waals surface area (Å²) in [7, 11) is 1.94. The lowest BCUT2D eigenvalue weighted by atomic mass is 10.0. The van der Waals surface area contributed by atoms with Crippen LogP contribution < -0.4 is 4.90 Å². The smallest absolute Gasteiger partial charge is 0.211 e. The second-order valence-electron chi connectivity index (χ2n) is 5.76. The van der Waals surface area contributed by atoms with Crippen molar-refractivity contribution in [2.45, 2.75) is 19.8 Å². The molecule has 0 radical (unpaired) electrons. The number of anilines is 1. The molecule has 1 aliphatic heterocycles. The van der Waals surface area contributed by atoms with Crippen LogP contribution in [0.4, 0.5) is 5.69 Å². The highest BCUT2D eigenvalue weighted by atomic mass is 16.1. The fourth-order valence-corrected chi connectivity index (χ4v) is 2.68. The summed E-state index contributed by atoms with van der Waals surface area (Å²) in [6.07, 6.45) is 1.96. The van der Waals surface area contributed by atoms with Crippen LogP contribution in [-0.4, -0.2) is 12.8 Å². The molecule has 0 saturated carbocycles. The number of ketones is 1. The van der Waals surface area contributed by atoms with Crippen LogP contribution in [0.25, 0.3) is 6.08 Å². The molecule has 0 unspecified atom stereocenters. The lowest BCUT2D eigenvalue weighted by Crippen LogP contribution is -2.13. The van der Waals surface area contributed by atoms with E-state index in [9.17, 15) is 4.79 Å². The fraction of sp³-hybridized carbons (Fsp3) is 0.211. The molecule has 0 amide bonds. The summed E-state index contributed by atoms with van der Waals surface area (Å²) >= 11 is 0. The normalized spacial score (nSPS) is 15.9. The first-order chi connectivity index (χ1) is 10.1. The van der Waals surface area contributed by atoms with Gasteiger partial charge in [0.1, 0.15) is 0 Å². The molecule has 1 aliphatic rings. The number of Topliss-reactive ketones (excluding diaryl/α,β-unsaturated/α-hetero) is 1. The van der Waals surface area contributed by atoms with E-state index in [0.29, 0.717) is 5.92 Å². The molecule has 0 aromatic heterocycles. The van der Waals surface area contributed by atoms with Gasteiger partial charge in [0.2, 0.25) is 5.78 Å². The Morgan fingerprint density at radius 2 is 1.67 bits per heavy atom. The molecule has 21 heavy (non-hydrogen) atoms. The Hall–Kier alpha value is -2.35. The fourth-order valence-electron chi connectivity index (χ4n) is 2.68. The SMILES string of the molecule is CC(C)c1ccc(C=C2C(=O)c3ccccc3N2C)cc1. The molecule has 0 N–H and O–H groups in total. The third kappa shape index (κ3) is 2.38. The van der Waals surface area contributed by atoms with Gasteiger partial charge in [-0.1, -0.05) is 50.2 Å². The minimum absolute atomic E-state index is 0.0982. The van der Waals surface area contributed by atoms with Crippen molar-refractivity contribution in [2.75, 3.05) is 11.9 Å². The largest absolute Gasteiger partial charge is 0.341 e.